The number of benzene rings is 2. The van der Waals surface area contributed by atoms with Crippen molar-refractivity contribution in [3.8, 4) is 11.5 Å². The van der Waals surface area contributed by atoms with E-state index in [1.54, 1.807) is 0 Å². The second kappa shape index (κ2) is 7.73. The standard InChI is InChI=1S/C22H30N2O/c1-8-24(7)15-23-20-12-17(3)21(13-16(20)2)25-19-11-9-10-18(14-19)22(4,5)6/h9-15H,8H2,1-7H3/b23-15+. The molecular formula is C22H30N2O. The molecule has 2 aromatic rings. The van der Waals surface area contributed by atoms with Crippen molar-refractivity contribution >= 4 is 12.0 Å². The van der Waals surface area contributed by atoms with Crippen molar-refractivity contribution in [1.82, 2.24) is 4.90 Å². The van der Waals surface area contributed by atoms with Gasteiger partial charge in [-0.1, -0.05) is 32.9 Å². The van der Waals surface area contributed by atoms with Gasteiger partial charge in [-0.2, -0.15) is 0 Å². The molecule has 0 aliphatic rings. The maximum absolute atomic E-state index is 6.17. The van der Waals surface area contributed by atoms with E-state index in [2.05, 4.69) is 81.8 Å². The first-order valence-corrected chi connectivity index (χ1v) is 8.84. The van der Waals surface area contributed by atoms with Gasteiger partial charge in [-0.25, -0.2) is 4.99 Å². The minimum Gasteiger partial charge on any atom is -0.457 e. The number of hydrogen-bond acceptors (Lipinski definition) is 2. The topological polar surface area (TPSA) is 24.8 Å². The highest BCUT2D eigenvalue weighted by Gasteiger charge is 2.14. The summed E-state index contributed by atoms with van der Waals surface area (Å²) in [6.45, 7) is 13.8. The molecule has 0 N–H and O–H groups in total. The Morgan fingerprint density at radius 1 is 1.08 bits per heavy atom. The lowest BCUT2D eigenvalue weighted by Gasteiger charge is -2.20. The first-order valence-electron chi connectivity index (χ1n) is 8.84. The molecule has 0 saturated carbocycles. The van der Waals surface area contributed by atoms with E-state index < -0.39 is 0 Å². The molecule has 2 aromatic carbocycles. The average Bonchev–Trinajstić information content (AvgIpc) is 2.55. The van der Waals surface area contributed by atoms with E-state index in [1.165, 1.54) is 5.56 Å². The minimum atomic E-state index is 0.105. The lowest BCUT2D eigenvalue weighted by Crippen LogP contribution is -2.14. The van der Waals surface area contributed by atoms with Gasteiger partial charge in [-0.05, 0) is 67.1 Å². The fourth-order valence-electron chi connectivity index (χ4n) is 2.42. The van der Waals surface area contributed by atoms with Gasteiger partial charge < -0.3 is 9.64 Å². The smallest absolute Gasteiger partial charge is 0.130 e. The van der Waals surface area contributed by atoms with Gasteiger partial charge >= 0.3 is 0 Å². The Morgan fingerprint density at radius 3 is 2.44 bits per heavy atom. The van der Waals surface area contributed by atoms with E-state index in [1.807, 2.05) is 19.5 Å². The summed E-state index contributed by atoms with van der Waals surface area (Å²) in [6, 6.07) is 12.5. The molecule has 0 heterocycles. The van der Waals surface area contributed by atoms with Crippen LogP contribution < -0.4 is 4.74 Å². The summed E-state index contributed by atoms with van der Waals surface area (Å²) in [4.78, 5) is 6.63. The SMILES string of the molecule is CCN(C)/C=N/c1cc(C)c(Oc2cccc(C(C)(C)C)c2)cc1C. The molecule has 0 atom stereocenters. The summed E-state index contributed by atoms with van der Waals surface area (Å²) in [5, 5.41) is 0. The highest BCUT2D eigenvalue weighted by Crippen LogP contribution is 2.33. The second-order valence-electron chi connectivity index (χ2n) is 7.60. The molecule has 3 heteroatoms. The van der Waals surface area contributed by atoms with Gasteiger partial charge in [0.05, 0.1) is 12.0 Å². The Balaban J connectivity index is 2.27. The van der Waals surface area contributed by atoms with E-state index in [4.69, 9.17) is 4.74 Å². The summed E-state index contributed by atoms with van der Waals surface area (Å²) in [5.74, 6) is 1.75. The number of aryl methyl sites for hydroxylation is 2. The van der Waals surface area contributed by atoms with Crippen LogP contribution in [0.1, 0.15) is 44.4 Å². The van der Waals surface area contributed by atoms with Crippen LogP contribution in [0.5, 0.6) is 11.5 Å². The third-order valence-corrected chi connectivity index (χ3v) is 4.31. The molecule has 0 saturated heterocycles. The highest BCUT2D eigenvalue weighted by atomic mass is 16.5. The zero-order valence-electron chi connectivity index (χ0n) is 16.6. The molecule has 0 unspecified atom stereocenters. The van der Waals surface area contributed by atoms with Crippen LogP contribution in [-0.2, 0) is 5.41 Å². The Hall–Kier alpha value is -2.29. The van der Waals surface area contributed by atoms with E-state index in [9.17, 15) is 0 Å². The van der Waals surface area contributed by atoms with Crippen LogP contribution in [0.4, 0.5) is 5.69 Å². The first kappa shape index (κ1) is 19.0. The van der Waals surface area contributed by atoms with Crippen LogP contribution in [0.2, 0.25) is 0 Å². The van der Waals surface area contributed by atoms with Crippen LogP contribution in [0.15, 0.2) is 41.4 Å². The minimum absolute atomic E-state index is 0.105. The van der Waals surface area contributed by atoms with Crippen molar-refractivity contribution in [3.63, 3.8) is 0 Å². The van der Waals surface area contributed by atoms with Crippen LogP contribution in [0, 0.1) is 13.8 Å². The molecule has 25 heavy (non-hydrogen) atoms. The predicted molar refractivity (Wildman–Crippen MR) is 108 cm³/mol. The zero-order valence-corrected chi connectivity index (χ0v) is 16.6. The van der Waals surface area contributed by atoms with Crippen molar-refractivity contribution in [1.29, 1.82) is 0 Å². The summed E-state index contributed by atoms with van der Waals surface area (Å²) in [5.41, 5.74) is 4.54. The van der Waals surface area contributed by atoms with E-state index in [-0.39, 0.29) is 5.41 Å². The zero-order chi connectivity index (χ0) is 18.6. The van der Waals surface area contributed by atoms with Gasteiger partial charge in [0, 0.05) is 13.6 Å². The number of aliphatic imine (C=N–C) groups is 1. The predicted octanol–water partition coefficient (Wildman–Crippen LogP) is 6.00. The van der Waals surface area contributed by atoms with Crippen molar-refractivity contribution < 1.29 is 4.74 Å². The highest BCUT2D eigenvalue weighted by molar-refractivity contribution is 5.64. The summed E-state index contributed by atoms with van der Waals surface area (Å²) in [6.07, 6.45) is 1.87. The van der Waals surface area contributed by atoms with Crippen molar-refractivity contribution in [3.05, 3.63) is 53.1 Å². The van der Waals surface area contributed by atoms with E-state index >= 15 is 0 Å². The Bertz CT molecular complexity index is 757. The number of rotatable bonds is 5. The molecule has 0 spiro atoms. The maximum atomic E-state index is 6.17. The molecule has 2 rings (SSSR count). The second-order valence-corrected chi connectivity index (χ2v) is 7.60. The third kappa shape index (κ3) is 5.09. The molecule has 134 valence electrons. The molecule has 3 nitrogen and oxygen atoms in total. The quantitative estimate of drug-likeness (QED) is 0.493. The lowest BCUT2D eigenvalue weighted by molar-refractivity contribution is 0.474. The molecule has 0 fully saturated rings. The van der Waals surface area contributed by atoms with Crippen LogP contribution in [-0.4, -0.2) is 24.8 Å². The van der Waals surface area contributed by atoms with Gasteiger partial charge in [0.15, 0.2) is 0 Å². The summed E-state index contributed by atoms with van der Waals surface area (Å²) < 4.78 is 6.17. The monoisotopic (exact) mass is 338 g/mol. The molecule has 0 bridgehead atoms. The molecule has 0 amide bonds. The summed E-state index contributed by atoms with van der Waals surface area (Å²) >= 11 is 0. The summed E-state index contributed by atoms with van der Waals surface area (Å²) in [7, 11) is 2.02. The normalized spacial score (nSPS) is 11.8. The largest absolute Gasteiger partial charge is 0.457 e. The maximum Gasteiger partial charge on any atom is 0.130 e. The molecular weight excluding hydrogens is 308 g/mol. The van der Waals surface area contributed by atoms with Crippen molar-refractivity contribution in [2.24, 2.45) is 4.99 Å². The number of hydrogen-bond donors (Lipinski definition) is 0. The molecule has 0 aliphatic heterocycles. The third-order valence-electron chi connectivity index (χ3n) is 4.31. The first-order chi connectivity index (χ1) is 11.7. The number of ether oxygens (including phenoxy) is 1. The van der Waals surface area contributed by atoms with Crippen LogP contribution in [0.25, 0.3) is 0 Å². The molecule has 0 aliphatic carbocycles. The Kier molecular flexibility index (Phi) is 5.89. The van der Waals surface area contributed by atoms with Gasteiger partial charge in [-0.15, -0.1) is 0 Å². The Morgan fingerprint density at radius 2 is 1.80 bits per heavy atom. The number of nitrogens with zero attached hydrogens (tertiary/aromatic N) is 2. The molecule has 0 radical (unpaired) electrons. The lowest BCUT2D eigenvalue weighted by atomic mass is 9.87. The van der Waals surface area contributed by atoms with Gasteiger partial charge in [0.2, 0.25) is 0 Å². The fourth-order valence-corrected chi connectivity index (χ4v) is 2.42. The van der Waals surface area contributed by atoms with Crippen molar-refractivity contribution in [2.45, 2.75) is 47.0 Å². The Labute approximate surface area is 152 Å². The van der Waals surface area contributed by atoms with Crippen LogP contribution in [0.3, 0.4) is 0 Å². The van der Waals surface area contributed by atoms with Crippen LogP contribution >= 0.6 is 0 Å². The van der Waals surface area contributed by atoms with E-state index in [0.29, 0.717) is 0 Å². The average molecular weight is 338 g/mol. The van der Waals surface area contributed by atoms with Gasteiger partial charge in [0.25, 0.3) is 0 Å². The molecule has 0 aromatic heterocycles. The van der Waals surface area contributed by atoms with Gasteiger partial charge in [0.1, 0.15) is 11.5 Å². The van der Waals surface area contributed by atoms with Crippen molar-refractivity contribution in [2.75, 3.05) is 13.6 Å². The fraction of sp³-hybridized carbons (Fsp3) is 0.409. The van der Waals surface area contributed by atoms with Gasteiger partial charge in [-0.3, -0.25) is 0 Å². The van der Waals surface area contributed by atoms with E-state index in [0.717, 1.165) is 34.9 Å².